The van der Waals surface area contributed by atoms with Crippen LogP contribution in [-0.4, -0.2) is 86.1 Å². The fraction of sp³-hybridized carbons (Fsp3) is 0.417. The minimum Gasteiger partial charge on any atom is -0.481 e. The van der Waals surface area contributed by atoms with Gasteiger partial charge in [-0.2, -0.15) is 0 Å². The van der Waals surface area contributed by atoms with Gasteiger partial charge in [0, 0.05) is 29.9 Å². The van der Waals surface area contributed by atoms with E-state index in [1.54, 1.807) is 30.5 Å². The molecule has 0 aliphatic rings. The van der Waals surface area contributed by atoms with Crippen LogP contribution in [0.1, 0.15) is 31.7 Å². The van der Waals surface area contributed by atoms with Crippen LogP contribution in [0.3, 0.4) is 0 Å². The summed E-state index contributed by atoms with van der Waals surface area (Å²) in [5.74, 6) is -6.70. The van der Waals surface area contributed by atoms with E-state index in [0.717, 1.165) is 17.8 Å². The highest BCUT2D eigenvalue weighted by molar-refractivity contribution is 5.96. The number of carboxylic acid groups (broad SMARTS) is 2. The third-order valence-electron chi connectivity index (χ3n) is 5.83. The Morgan fingerprint density at radius 3 is 2.18 bits per heavy atom. The average molecular weight is 549 g/mol. The number of amides is 4. The number of aromatic nitrogens is 1. The predicted octanol–water partition coefficient (Wildman–Crippen LogP) is -2.30. The van der Waals surface area contributed by atoms with Gasteiger partial charge in [0.25, 0.3) is 0 Å². The number of carboxylic acids is 2. The van der Waals surface area contributed by atoms with Gasteiger partial charge in [0.1, 0.15) is 18.1 Å². The number of para-hydroxylation sites is 1. The van der Waals surface area contributed by atoms with E-state index in [9.17, 15) is 44.1 Å². The second-order valence-electron chi connectivity index (χ2n) is 8.96. The van der Waals surface area contributed by atoms with Crippen molar-refractivity contribution < 1.29 is 44.1 Å². The van der Waals surface area contributed by atoms with Crippen LogP contribution in [0.2, 0.25) is 0 Å². The summed E-state index contributed by atoms with van der Waals surface area (Å²) in [6.07, 6.45) is -1.31. The zero-order valence-electron chi connectivity index (χ0n) is 21.0. The lowest BCUT2D eigenvalue weighted by molar-refractivity contribution is -0.144. The molecule has 15 nitrogen and oxygen atoms in total. The molecule has 1 heterocycles. The molecule has 0 fully saturated rings. The van der Waals surface area contributed by atoms with E-state index >= 15 is 0 Å². The molecule has 0 saturated heterocycles. The third-order valence-corrected chi connectivity index (χ3v) is 5.83. The molecule has 0 bridgehead atoms. The van der Waals surface area contributed by atoms with Crippen LogP contribution in [0, 0.1) is 0 Å². The molecule has 1 aromatic carbocycles. The Morgan fingerprint density at radius 1 is 0.949 bits per heavy atom. The van der Waals surface area contributed by atoms with Gasteiger partial charge < -0.3 is 47.7 Å². The number of benzene rings is 1. The second-order valence-corrected chi connectivity index (χ2v) is 8.96. The van der Waals surface area contributed by atoms with Crippen molar-refractivity contribution in [2.45, 2.75) is 62.9 Å². The van der Waals surface area contributed by atoms with Gasteiger partial charge in [-0.25, -0.2) is 4.79 Å². The van der Waals surface area contributed by atoms with Gasteiger partial charge in [0.2, 0.25) is 23.6 Å². The molecule has 0 aliphatic heterocycles. The molecule has 4 amide bonds. The van der Waals surface area contributed by atoms with Crippen molar-refractivity contribution in [1.29, 1.82) is 0 Å². The molecule has 2 aromatic rings. The van der Waals surface area contributed by atoms with Crippen LogP contribution in [0.5, 0.6) is 0 Å². The molecule has 0 aliphatic carbocycles. The number of aliphatic hydroxyl groups excluding tert-OH is 1. The van der Waals surface area contributed by atoms with E-state index in [4.69, 9.17) is 11.5 Å². The van der Waals surface area contributed by atoms with Crippen molar-refractivity contribution in [3.05, 3.63) is 36.0 Å². The van der Waals surface area contributed by atoms with Crippen LogP contribution < -0.4 is 27.4 Å². The van der Waals surface area contributed by atoms with Crippen molar-refractivity contribution in [1.82, 2.24) is 20.9 Å². The number of aromatic amines is 1. The standard InChI is InChI=1S/C24H32N6O9/c1-11(31)20(30-21(35)14(25)6-7-18(26)32)23(37)28-16(9-19(33)34)22(36)29-17(24(38)39)8-12-10-27-15-5-3-2-4-13(12)15/h2-5,10-11,14,16-17,20,27,31H,6-9,25H2,1H3,(H2,26,32)(H,28,37)(H,29,36)(H,30,35)(H,33,34)(H,38,39). The number of carbonyl (C=O) groups is 6. The SMILES string of the molecule is CC(O)C(NC(=O)C(N)CCC(N)=O)C(=O)NC(CC(=O)O)C(=O)NC(Cc1c[nH]c2ccccc12)C(=O)O. The van der Waals surface area contributed by atoms with Gasteiger partial charge in [0.05, 0.1) is 18.6 Å². The number of carbonyl (C=O) groups excluding carboxylic acids is 4. The lowest BCUT2D eigenvalue weighted by Crippen LogP contribution is -2.60. The van der Waals surface area contributed by atoms with Crippen molar-refractivity contribution in [3.63, 3.8) is 0 Å². The molecule has 212 valence electrons. The van der Waals surface area contributed by atoms with Crippen molar-refractivity contribution in [3.8, 4) is 0 Å². The van der Waals surface area contributed by atoms with E-state index in [0.29, 0.717) is 5.56 Å². The second kappa shape index (κ2) is 13.9. The van der Waals surface area contributed by atoms with Crippen LogP contribution in [0.4, 0.5) is 0 Å². The predicted molar refractivity (Wildman–Crippen MR) is 136 cm³/mol. The first kappa shape index (κ1) is 30.7. The fourth-order valence-corrected chi connectivity index (χ4v) is 3.73. The Bertz CT molecular complexity index is 1230. The van der Waals surface area contributed by atoms with E-state index < -0.39 is 72.3 Å². The van der Waals surface area contributed by atoms with Gasteiger partial charge in [-0.1, -0.05) is 18.2 Å². The maximum absolute atomic E-state index is 12.9. The summed E-state index contributed by atoms with van der Waals surface area (Å²) in [5, 5.41) is 36.3. The molecule has 11 N–H and O–H groups in total. The first-order chi connectivity index (χ1) is 18.3. The molecular weight excluding hydrogens is 516 g/mol. The lowest BCUT2D eigenvalue weighted by atomic mass is 10.0. The van der Waals surface area contributed by atoms with Gasteiger partial charge in [-0.15, -0.1) is 0 Å². The number of aliphatic hydroxyl groups is 1. The molecule has 0 radical (unpaired) electrons. The summed E-state index contributed by atoms with van der Waals surface area (Å²) in [4.78, 5) is 75.3. The maximum atomic E-state index is 12.9. The largest absolute Gasteiger partial charge is 0.481 e. The number of hydrogen-bond donors (Lipinski definition) is 9. The molecule has 5 atom stereocenters. The highest BCUT2D eigenvalue weighted by Gasteiger charge is 2.33. The van der Waals surface area contributed by atoms with Crippen LogP contribution >= 0.6 is 0 Å². The summed E-state index contributed by atoms with van der Waals surface area (Å²) < 4.78 is 0. The topological polar surface area (TPSA) is 267 Å². The molecule has 15 heteroatoms. The molecule has 1 aromatic heterocycles. The van der Waals surface area contributed by atoms with E-state index in [2.05, 4.69) is 20.9 Å². The van der Waals surface area contributed by atoms with E-state index in [1.165, 1.54) is 0 Å². The number of nitrogens with two attached hydrogens (primary N) is 2. The Kier molecular flexibility index (Phi) is 10.9. The van der Waals surface area contributed by atoms with Gasteiger partial charge in [-0.05, 0) is 25.0 Å². The molecule has 39 heavy (non-hydrogen) atoms. The minimum atomic E-state index is -1.75. The van der Waals surface area contributed by atoms with Crippen molar-refractivity contribution in [2.24, 2.45) is 11.5 Å². The van der Waals surface area contributed by atoms with Gasteiger partial charge in [-0.3, -0.25) is 24.0 Å². The van der Waals surface area contributed by atoms with Crippen LogP contribution in [0.25, 0.3) is 10.9 Å². The first-order valence-corrected chi connectivity index (χ1v) is 11.9. The van der Waals surface area contributed by atoms with Crippen LogP contribution in [0.15, 0.2) is 30.5 Å². The summed E-state index contributed by atoms with van der Waals surface area (Å²) in [5.41, 5.74) is 12.0. The molecular formula is C24H32N6O9. The lowest BCUT2D eigenvalue weighted by Gasteiger charge is -2.26. The molecule has 0 spiro atoms. The normalized spacial score (nSPS) is 14.8. The summed E-state index contributed by atoms with van der Waals surface area (Å²) >= 11 is 0. The average Bonchev–Trinajstić information content (AvgIpc) is 3.26. The Morgan fingerprint density at radius 2 is 1.59 bits per heavy atom. The highest BCUT2D eigenvalue weighted by Crippen LogP contribution is 2.19. The molecule has 5 unspecified atom stereocenters. The zero-order chi connectivity index (χ0) is 29.3. The summed E-state index contributed by atoms with van der Waals surface area (Å²) in [6.45, 7) is 1.16. The highest BCUT2D eigenvalue weighted by atomic mass is 16.4. The number of hydrogen-bond acceptors (Lipinski definition) is 8. The van der Waals surface area contributed by atoms with Crippen molar-refractivity contribution >= 4 is 46.5 Å². The Balaban J connectivity index is 2.15. The first-order valence-electron chi connectivity index (χ1n) is 11.9. The molecule has 0 saturated carbocycles. The molecule has 2 rings (SSSR count). The van der Waals surface area contributed by atoms with Crippen molar-refractivity contribution in [2.75, 3.05) is 0 Å². The smallest absolute Gasteiger partial charge is 0.326 e. The fourth-order valence-electron chi connectivity index (χ4n) is 3.73. The summed E-state index contributed by atoms with van der Waals surface area (Å²) in [7, 11) is 0. The summed E-state index contributed by atoms with van der Waals surface area (Å²) in [6, 6.07) is 0.979. The number of aliphatic carboxylic acids is 2. The zero-order valence-corrected chi connectivity index (χ0v) is 21.0. The third kappa shape index (κ3) is 9.08. The van der Waals surface area contributed by atoms with Gasteiger partial charge >= 0.3 is 11.9 Å². The number of primary amides is 1. The number of rotatable bonds is 15. The van der Waals surface area contributed by atoms with Gasteiger partial charge in [0.15, 0.2) is 0 Å². The van der Waals surface area contributed by atoms with Crippen LogP contribution in [-0.2, 0) is 35.2 Å². The number of nitrogens with one attached hydrogen (secondary N) is 4. The Hall–Kier alpha value is -4.50. The Labute approximate surface area is 222 Å². The van der Waals surface area contributed by atoms with E-state index in [-0.39, 0.29) is 19.3 Å². The quantitative estimate of drug-likeness (QED) is 0.115. The minimum absolute atomic E-state index is 0.133. The number of fused-ring (bicyclic) bond motifs is 1. The number of H-pyrrole nitrogens is 1. The maximum Gasteiger partial charge on any atom is 0.326 e. The van der Waals surface area contributed by atoms with E-state index in [1.807, 2.05) is 0 Å². The monoisotopic (exact) mass is 548 g/mol.